The summed E-state index contributed by atoms with van der Waals surface area (Å²) in [5.74, 6) is -0.100. The third-order valence-electron chi connectivity index (χ3n) is 5.30. The summed E-state index contributed by atoms with van der Waals surface area (Å²) in [7, 11) is 2.01. The van der Waals surface area contributed by atoms with Crippen LogP contribution in [0, 0.1) is 0 Å². The fourth-order valence-electron chi connectivity index (χ4n) is 3.86. The highest BCUT2D eigenvalue weighted by atomic mass is 16.2. The number of likely N-dealkylation sites (tertiary alicyclic amines) is 1. The molecule has 140 valence electrons. The molecule has 4 heterocycles. The number of hydrogen-bond donors (Lipinski definition) is 5. The van der Waals surface area contributed by atoms with Gasteiger partial charge in [-0.15, -0.1) is 0 Å². The molecule has 0 saturated carbocycles. The summed E-state index contributed by atoms with van der Waals surface area (Å²) in [4.78, 5) is 15.3. The van der Waals surface area contributed by atoms with Crippen molar-refractivity contribution in [1.29, 1.82) is 0 Å². The Morgan fingerprint density at radius 1 is 1.31 bits per heavy atom. The number of hydrogen-bond acceptors (Lipinski definition) is 7. The van der Waals surface area contributed by atoms with Crippen molar-refractivity contribution in [2.75, 3.05) is 26.7 Å². The predicted molar refractivity (Wildman–Crippen MR) is 99.9 cm³/mol. The molecule has 3 atom stereocenters. The Kier molecular flexibility index (Phi) is 4.71. The quantitative estimate of drug-likeness (QED) is 0.424. The topological polar surface area (TPSA) is 83.7 Å². The van der Waals surface area contributed by atoms with Gasteiger partial charge >= 0.3 is 0 Å². The van der Waals surface area contributed by atoms with E-state index in [1.807, 2.05) is 37.3 Å². The molecule has 1 amide bonds. The first kappa shape index (κ1) is 17.1. The Labute approximate surface area is 154 Å². The lowest BCUT2D eigenvalue weighted by atomic mass is 10.2. The van der Waals surface area contributed by atoms with E-state index in [4.69, 9.17) is 0 Å². The van der Waals surface area contributed by atoms with Crippen molar-refractivity contribution in [3.63, 3.8) is 0 Å². The number of amides is 1. The zero-order valence-electron chi connectivity index (χ0n) is 15.2. The molecule has 0 spiro atoms. The third kappa shape index (κ3) is 3.23. The van der Waals surface area contributed by atoms with E-state index < -0.39 is 0 Å². The summed E-state index contributed by atoms with van der Waals surface area (Å²) in [6.07, 6.45) is 11.2. The van der Waals surface area contributed by atoms with Gasteiger partial charge in [0.25, 0.3) is 5.91 Å². The van der Waals surface area contributed by atoms with Crippen LogP contribution in [-0.2, 0) is 4.79 Å². The van der Waals surface area contributed by atoms with Gasteiger partial charge in [0.05, 0.1) is 12.7 Å². The second kappa shape index (κ2) is 7.14. The minimum atomic E-state index is -0.100. The summed E-state index contributed by atoms with van der Waals surface area (Å²) in [5, 5.41) is 14.8. The number of carbonyl (C=O) groups is 1. The molecule has 8 heteroatoms. The zero-order chi connectivity index (χ0) is 18.1. The lowest BCUT2D eigenvalue weighted by Gasteiger charge is -2.38. The number of carbonyl (C=O) groups excluding carboxylic acids is 1. The number of fused-ring (bicyclic) bond motifs is 1. The molecule has 0 radical (unpaired) electrons. The van der Waals surface area contributed by atoms with Crippen LogP contribution in [0.5, 0.6) is 0 Å². The molecule has 1 saturated heterocycles. The average Bonchev–Trinajstić information content (AvgIpc) is 3.25. The van der Waals surface area contributed by atoms with Gasteiger partial charge in [0.1, 0.15) is 11.9 Å². The molecule has 4 aliphatic rings. The van der Waals surface area contributed by atoms with Crippen LogP contribution in [0.3, 0.4) is 0 Å². The lowest BCUT2D eigenvalue weighted by Crippen LogP contribution is -2.58. The normalized spacial score (nSPS) is 30.8. The summed E-state index contributed by atoms with van der Waals surface area (Å²) >= 11 is 0. The SMILES string of the molecule is CN[C@H]1CCN(C2C=CC3NC(C)=C(C(=O)NC4=CC=CNC4)N3N2)C1. The van der Waals surface area contributed by atoms with Crippen LogP contribution in [0.4, 0.5) is 0 Å². The lowest BCUT2D eigenvalue weighted by molar-refractivity contribution is -0.119. The molecule has 8 nitrogen and oxygen atoms in total. The Morgan fingerprint density at radius 3 is 2.88 bits per heavy atom. The van der Waals surface area contributed by atoms with Crippen LogP contribution in [-0.4, -0.2) is 60.9 Å². The molecular formula is C18H27N7O. The van der Waals surface area contributed by atoms with Crippen molar-refractivity contribution in [2.45, 2.75) is 31.7 Å². The number of hydrazine groups is 1. The van der Waals surface area contributed by atoms with Crippen LogP contribution >= 0.6 is 0 Å². The number of nitrogens with one attached hydrogen (secondary N) is 5. The number of rotatable bonds is 4. The van der Waals surface area contributed by atoms with Crippen LogP contribution in [0.2, 0.25) is 0 Å². The summed E-state index contributed by atoms with van der Waals surface area (Å²) in [5.41, 5.74) is 5.90. The molecule has 4 aliphatic heterocycles. The molecule has 5 N–H and O–H groups in total. The minimum Gasteiger partial charge on any atom is -0.385 e. The first-order valence-electron chi connectivity index (χ1n) is 9.18. The molecule has 2 unspecified atom stereocenters. The monoisotopic (exact) mass is 357 g/mol. The second-order valence-electron chi connectivity index (χ2n) is 7.05. The van der Waals surface area contributed by atoms with Gasteiger partial charge in [-0.25, -0.2) is 5.43 Å². The van der Waals surface area contributed by atoms with Gasteiger partial charge in [0.15, 0.2) is 0 Å². The molecule has 26 heavy (non-hydrogen) atoms. The predicted octanol–water partition coefficient (Wildman–Crippen LogP) is -0.740. The largest absolute Gasteiger partial charge is 0.385 e. The molecule has 0 aromatic rings. The summed E-state index contributed by atoms with van der Waals surface area (Å²) < 4.78 is 0. The van der Waals surface area contributed by atoms with Gasteiger partial charge in [-0.3, -0.25) is 14.7 Å². The Bertz CT molecular complexity index is 696. The highest BCUT2D eigenvalue weighted by molar-refractivity contribution is 5.95. The maximum atomic E-state index is 12.9. The van der Waals surface area contributed by atoms with Crippen molar-refractivity contribution in [2.24, 2.45) is 0 Å². The Morgan fingerprint density at radius 2 is 2.15 bits per heavy atom. The maximum Gasteiger partial charge on any atom is 0.275 e. The van der Waals surface area contributed by atoms with E-state index in [0.717, 1.165) is 30.9 Å². The number of dihydropyridines is 1. The summed E-state index contributed by atoms with van der Waals surface area (Å²) in [6, 6.07) is 0.526. The highest BCUT2D eigenvalue weighted by Gasteiger charge is 2.38. The fraction of sp³-hybridized carbons (Fsp3) is 0.500. The minimum absolute atomic E-state index is 0.0342. The van der Waals surface area contributed by atoms with Crippen molar-refractivity contribution in [3.05, 3.63) is 47.6 Å². The number of nitrogens with zero attached hydrogens (tertiary/aromatic N) is 2. The first-order valence-corrected chi connectivity index (χ1v) is 9.18. The molecule has 0 aromatic heterocycles. The molecular weight excluding hydrogens is 330 g/mol. The van der Waals surface area contributed by atoms with Crippen molar-refractivity contribution >= 4 is 5.91 Å². The van der Waals surface area contributed by atoms with Crippen LogP contribution in [0.1, 0.15) is 13.3 Å². The molecule has 4 rings (SSSR count). The van der Waals surface area contributed by atoms with Crippen LogP contribution < -0.4 is 26.7 Å². The smallest absolute Gasteiger partial charge is 0.275 e. The number of allylic oxidation sites excluding steroid dienone is 3. The van der Waals surface area contributed by atoms with Gasteiger partial charge in [0.2, 0.25) is 0 Å². The van der Waals surface area contributed by atoms with E-state index in [1.165, 1.54) is 0 Å². The highest BCUT2D eigenvalue weighted by Crippen LogP contribution is 2.24. The van der Waals surface area contributed by atoms with E-state index in [1.54, 1.807) is 0 Å². The average molecular weight is 357 g/mol. The van der Waals surface area contributed by atoms with Crippen LogP contribution in [0.25, 0.3) is 0 Å². The van der Waals surface area contributed by atoms with Crippen molar-refractivity contribution in [1.82, 2.24) is 36.6 Å². The first-order chi connectivity index (χ1) is 12.7. The molecule has 0 aromatic carbocycles. The van der Waals surface area contributed by atoms with Gasteiger partial charge in [0, 0.05) is 30.5 Å². The Balaban J connectivity index is 1.46. The summed E-state index contributed by atoms with van der Waals surface area (Å²) in [6.45, 7) is 4.60. The van der Waals surface area contributed by atoms with Gasteiger partial charge < -0.3 is 21.3 Å². The van der Waals surface area contributed by atoms with Gasteiger partial charge in [-0.2, -0.15) is 0 Å². The Hall–Kier alpha value is -2.29. The van der Waals surface area contributed by atoms with E-state index in [-0.39, 0.29) is 18.2 Å². The number of likely N-dealkylation sites (N-methyl/N-ethyl adjacent to an activating group) is 1. The molecule has 1 fully saturated rings. The van der Waals surface area contributed by atoms with E-state index >= 15 is 0 Å². The van der Waals surface area contributed by atoms with E-state index in [0.29, 0.717) is 18.3 Å². The zero-order valence-corrected chi connectivity index (χ0v) is 15.2. The standard InChI is InChI=1S/C18H27N7O/c1-12-17(18(26)22-13-4-3-8-20-10-13)25-15(21-12)5-6-16(23-25)24-9-7-14(11-24)19-2/h3-6,8,14-16,19-21,23H,7,9-11H2,1-2H3,(H,22,26)/t14-,15?,16?/m0/s1. The molecule has 0 bridgehead atoms. The van der Waals surface area contributed by atoms with Gasteiger partial charge in [-0.05, 0) is 44.8 Å². The maximum absolute atomic E-state index is 12.9. The second-order valence-corrected chi connectivity index (χ2v) is 7.05. The van der Waals surface area contributed by atoms with Gasteiger partial charge in [-0.1, -0.05) is 6.08 Å². The third-order valence-corrected chi connectivity index (χ3v) is 5.30. The van der Waals surface area contributed by atoms with E-state index in [2.05, 4.69) is 43.7 Å². The van der Waals surface area contributed by atoms with E-state index in [9.17, 15) is 4.79 Å². The molecule has 0 aliphatic carbocycles. The van der Waals surface area contributed by atoms with Crippen LogP contribution in [0.15, 0.2) is 47.6 Å². The van der Waals surface area contributed by atoms with Crippen molar-refractivity contribution in [3.8, 4) is 0 Å². The fourth-order valence-corrected chi connectivity index (χ4v) is 3.86. The van der Waals surface area contributed by atoms with Crippen molar-refractivity contribution < 1.29 is 4.79 Å².